The van der Waals surface area contributed by atoms with Crippen molar-refractivity contribution in [3.05, 3.63) is 32.0 Å². The fourth-order valence-electron chi connectivity index (χ4n) is 5.58. The van der Waals surface area contributed by atoms with Gasteiger partial charge in [-0.05, 0) is 88.2 Å². The van der Waals surface area contributed by atoms with Crippen LogP contribution in [-0.4, -0.2) is 37.0 Å². The molecule has 2 aliphatic carbocycles. The molecule has 2 aromatic rings. The third-order valence-electron chi connectivity index (χ3n) is 7.69. The zero-order valence-electron chi connectivity index (χ0n) is 25.0. The van der Waals surface area contributed by atoms with Crippen LogP contribution in [0.25, 0.3) is 0 Å². The molecule has 0 saturated carbocycles. The van der Waals surface area contributed by atoms with E-state index in [9.17, 15) is 19.2 Å². The Morgan fingerprint density at radius 2 is 1.02 bits per heavy atom. The van der Waals surface area contributed by atoms with Crippen LogP contribution in [0.5, 0.6) is 0 Å². The van der Waals surface area contributed by atoms with E-state index in [2.05, 4.69) is 10.6 Å². The van der Waals surface area contributed by atoms with Crippen molar-refractivity contribution in [3.63, 3.8) is 0 Å². The summed E-state index contributed by atoms with van der Waals surface area (Å²) in [4.78, 5) is 53.9. The number of ether oxygens (including phenoxy) is 2. The summed E-state index contributed by atoms with van der Waals surface area (Å²) in [5.74, 6) is -1.04. The Morgan fingerprint density at radius 3 is 1.43 bits per heavy atom. The van der Waals surface area contributed by atoms with E-state index in [-0.39, 0.29) is 36.6 Å². The van der Waals surface area contributed by atoms with Gasteiger partial charge >= 0.3 is 11.9 Å². The van der Waals surface area contributed by atoms with E-state index in [1.807, 2.05) is 13.8 Å². The van der Waals surface area contributed by atoms with Crippen LogP contribution < -0.4 is 10.6 Å². The minimum absolute atomic E-state index is 0.167. The zero-order valence-corrected chi connectivity index (χ0v) is 26.6. The Balaban J connectivity index is 1.31. The Bertz CT molecular complexity index is 1170. The van der Waals surface area contributed by atoms with Crippen molar-refractivity contribution in [1.82, 2.24) is 0 Å². The molecule has 0 fully saturated rings. The first-order valence-electron chi connectivity index (χ1n) is 15.7. The van der Waals surface area contributed by atoms with Crippen LogP contribution >= 0.6 is 22.7 Å². The number of carbonyl (C=O) groups excluding carboxylic acids is 4. The first-order chi connectivity index (χ1) is 20.4. The van der Waals surface area contributed by atoms with Gasteiger partial charge in [-0.3, -0.25) is 9.59 Å². The van der Waals surface area contributed by atoms with Crippen LogP contribution in [-0.2, 0) is 44.7 Å². The van der Waals surface area contributed by atoms with E-state index < -0.39 is 0 Å². The van der Waals surface area contributed by atoms with Gasteiger partial charge in [0, 0.05) is 22.6 Å². The summed E-state index contributed by atoms with van der Waals surface area (Å²) in [5.41, 5.74) is 3.13. The maximum Gasteiger partial charge on any atom is 0.341 e. The fourth-order valence-corrected chi connectivity index (χ4v) is 8.16. The molecule has 2 heterocycles. The quantitative estimate of drug-likeness (QED) is 0.136. The number of aryl methyl sites for hydroxylation is 2. The fraction of sp³-hybridized carbons (Fsp3) is 0.625. The lowest BCUT2D eigenvalue weighted by molar-refractivity contribution is -0.118. The van der Waals surface area contributed by atoms with Crippen LogP contribution in [0.3, 0.4) is 0 Å². The average molecular weight is 617 g/mol. The van der Waals surface area contributed by atoms with Crippen LogP contribution in [0.1, 0.15) is 132 Å². The Kier molecular flexibility index (Phi) is 12.4. The molecule has 0 aliphatic heterocycles. The van der Waals surface area contributed by atoms with Gasteiger partial charge in [0.15, 0.2) is 0 Å². The molecule has 0 aromatic carbocycles. The lowest BCUT2D eigenvalue weighted by atomic mass is 10.1. The number of carbonyl (C=O) groups is 4. The standard InChI is InChI=1S/C32H44N2O6S2/c1-3-19-39-31(37)27-21-13-7-5-9-15-23(21)41-29(27)33-25(35)17-11-12-18-26(36)34-30-28(32(38)40-20-4-2)22-14-8-6-10-16-24(22)42-30/h3-20H2,1-2H3,(H,33,35)(H,34,36). The van der Waals surface area contributed by atoms with Crippen molar-refractivity contribution >= 4 is 56.4 Å². The third-order valence-corrected chi connectivity index (χ3v) is 10.1. The molecular weight excluding hydrogens is 572 g/mol. The van der Waals surface area contributed by atoms with Crippen molar-refractivity contribution in [1.29, 1.82) is 0 Å². The van der Waals surface area contributed by atoms with E-state index in [1.54, 1.807) is 0 Å². The molecule has 0 bridgehead atoms. The topological polar surface area (TPSA) is 111 Å². The summed E-state index contributed by atoms with van der Waals surface area (Å²) in [7, 11) is 0. The molecule has 0 atom stereocenters. The van der Waals surface area contributed by atoms with Crippen molar-refractivity contribution in [3.8, 4) is 0 Å². The van der Waals surface area contributed by atoms with E-state index in [0.717, 1.165) is 88.2 Å². The van der Waals surface area contributed by atoms with Gasteiger partial charge < -0.3 is 20.1 Å². The number of rotatable bonds is 13. The summed E-state index contributed by atoms with van der Waals surface area (Å²) in [6, 6.07) is 0. The molecule has 2 N–H and O–H groups in total. The maximum atomic E-state index is 12.9. The second kappa shape index (κ2) is 16.2. The molecule has 8 nitrogen and oxygen atoms in total. The number of esters is 2. The highest BCUT2D eigenvalue weighted by atomic mass is 32.1. The summed E-state index contributed by atoms with van der Waals surface area (Å²) in [6.07, 6.45) is 13.1. The van der Waals surface area contributed by atoms with Crippen LogP contribution in [0.2, 0.25) is 0 Å². The van der Waals surface area contributed by atoms with Gasteiger partial charge in [0.2, 0.25) is 11.8 Å². The Labute approximate surface area is 256 Å². The van der Waals surface area contributed by atoms with Gasteiger partial charge in [0.05, 0.1) is 24.3 Å². The minimum Gasteiger partial charge on any atom is -0.462 e. The summed E-state index contributed by atoms with van der Waals surface area (Å²) in [5, 5.41) is 7.12. The summed E-state index contributed by atoms with van der Waals surface area (Å²) < 4.78 is 10.9. The second-order valence-electron chi connectivity index (χ2n) is 11.1. The predicted octanol–water partition coefficient (Wildman–Crippen LogP) is 7.62. The molecule has 0 unspecified atom stereocenters. The lowest BCUT2D eigenvalue weighted by Gasteiger charge is -2.10. The van der Waals surface area contributed by atoms with Gasteiger partial charge in [-0.1, -0.05) is 26.7 Å². The van der Waals surface area contributed by atoms with Gasteiger partial charge in [-0.2, -0.15) is 0 Å². The molecule has 0 spiro atoms. The largest absolute Gasteiger partial charge is 0.462 e. The smallest absolute Gasteiger partial charge is 0.341 e. The van der Waals surface area contributed by atoms with E-state index in [4.69, 9.17) is 9.47 Å². The van der Waals surface area contributed by atoms with Crippen molar-refractivity contribution in [2.75, 3.05) is 23.8 Å². The number of anilines is 2. The Hall–Kier alpha value is -2.72. The monoisotopic (exact) mass is 616 g/mol. The first-order valence-corrected chi connectivity index (χ1v) is 17.3. The SMILES string of the molecule is CCCOC(=O)c1c(NC(=O)CCCCC(=O)Nc2sc3c(c2C(=O)OCCC)CCCCC3)sc2c1CCCCC2. The number of unbranched alkanes of at least 4 members (excludes halogenated alkanes) is 1. The van der Waals surface area contributed by atoms with Gasteiger partial charge in [-0.25, -0.2) is 9.59 Å². The third kappa shape index (κ3) is 8.43. The van der Waals surface area contributed by atoms with Crippen LogP contribution in [0.15, 0.2) is 0 Å². The highest BCUT2D eigenvalue weighted by Crippen LogP contribution is 2.39. The molecule has 2 aromatic heterocycles. The number of thiophene rings is 2. The van der Waals surface area contributed by atoms with Crippen LogP contribution in [0.4, 0.5) is 10.0 Å². The van der Waals surface area contributed by atoms with Crippen molar-refractivity contribution in [2.24, 2.45) is 0 Å². The molecule has 10 heteroatoms. The van der Waals surface area contributed by atoms with Crippen LogP contribution in [0, 0.1) is 0 Å². The van der Waals surface area contributed by atoms with Gasteiger partial charge in [0.25, 0.3) is 0 Å². The average Bonchev–Trinajstić information content (AvgIpc) is 3.25. The molecule has 230 valence electrons. The van der Waals surface area contributed by atoms with Crippen molar-refractivity contribution in [2.45, 2.75) is 117 Å². The normalized spacial score (nSPS) is 14.6. The molecule has 0 radical (unpaired) electrons. The van der Waals surface area contributed by atoms with Gasteiger partial charge in [0.1, 0.15) is 10.0 Å². The number of fused-ring (bicyclic) bond motifs is 2. The van der Waals surface area contributed by atoms with Crippen molar-refractivity contribution < 1.29 is 28.7 Å². The molecular formula is C32H44N2O6S2. The molecule has 4 rings (SSSR count). The molecule has 2 amide bonds. The Morgan fingerprint density at radius 1 is 0.619 bits per heavy atom. The first kappa shape index (κ1) is 32.2. The molecule has 2 aliphatic rings. The van der Waals surface area contributed by atoms with E-state index in [1.165, 1.54) is 32.4 Å². The zero-order chi connectivity index (χ0) is 29.9. The summed E-state index contributed by atoms with van der Waals surface area (Å²) in [6.45, 7) is 4.63. The molecule has 0 saturated heterocycles. The van der Waals surface area contributed by atoms with E-state index in [0.29, 0.717) is 47.2 Å². The lowest BCUT2D eigenvalue weighted by Crippen LogP contribution is -2.16. The number of nitrogens with one attached hydrogen (secondary N) is 2. The highest BCUT2D eigenvalue weighted by Gasteiger charge is 2.28. The number of hydrogen-bond donors (Lipinski definition) is 2. The van der Waals surface area contributed by atoms with Gasteiger partial charge in [-0.15, -0.1) is 22.7 Å². The highest BCUT2D eigenvalue weighted by molar-refractivity contribution is 7.17. The summed E-state index contributed by atoms with van der Waals surface area (Å²) >= 11 is 3.00. The molecule has 42 heavy (non-hydrogen) atoms. The maximum absolute atomic E-state index is 12.9. The van der Waals surface area contributed by atoms with E-state index >= 15 is 0 Å². The predicted molar refractivity (Wildman–Crippen MR) is 168 cm³/mol. The second-order valence-corrected chi connectivity index (χ2v) is 13.3. The number of amides is 2. The number of hydrogen-bond acceptors (Lipinski definition) is 8. The minimum atomic E-state index is -0.355.